The van der Waals surface area contributed by atoms with Crippen LogP contribution in [0.1, 0.15) is 22.0 Å². The molecule has 2 aromatic heterocycles. The molecule has 2 heterocycles. The summed E-state index contributed by atoms with van der Waals surface area (Å²) >= 11 is 3.19. The molecule has 88 valence electrons. The molecule has 0 saturated heterocycles. The molecular weight excluding hydrogens is 288 g/mol. The van der Waals surface area contributed by atoms with Gasteiger partial charge in [0.25, 0.3) is 0 Å². The molecule has 0 bridgehead atoms. The summed E-state index contributed by atoms with van der Waals surface area (Å²) in [4.78, 5) is 19.3. The Morgan fingerprint density at radius 1 is 1.47 bits per heavy atom. The van der Waals surface area contributed by atoms with Crippen molar-refractivity contribution in [2.45, 2.75) is 13.8 Å². The first kappa shape index (κ1) is 11.7. The summed E-state index contributed by atoms with van der Waals surface area (Å²) in [5.74, 6) is 0.378. The van der Waals surface area contributed by atoms with Crippen molar-refractivity contribution in [3.05, 3.63) is 33.9 Å². The van der Waals surface area contributed by atoms with E-state index in [2.05, 4.69) is 31.0 Å². The molecule has 7 heteroatoms. The number of hydrogen-bond acceptors (Lipinski definition) is 4. The third kappa shape index (κ3) is 2.19. The maximum atomic E-state index is 11.1. The number of aromatic nitrogens is 4. The molecule has 0 aliphatic carbocycles. The van der Waals surface area contributed by atoms with Crippen LogP contribution in [0.25, 0.3) is 5.82 Å². The molecule has 2 aromatic rings. The average Bonchev–Trinajstić information content (AvgIpc) is 2.57. The third-order valence-corrected chi connectivity index (χ3v) is 2.57. The number of rotatable bonds is 2. The van der Waals surface area contributed by atoms with Gasteiger partial charge >= 0.3 is 5.97 Å². The fraction of sp³-hybridized carbons (Fsp3) is 0.200. The van der Waals surface area contributed by atoms with E-state index in [1.165, 1.54) is 16.9 Å². The van der Waals surface area contributed by atoms with E-state index in [0.717, 1.165) is 0 Å². The summed E-state index contributed by atoms with van der Waals surface area (Å²) < 4.78 is 2.03. The highest BCUT2D eigenvalue weighted by Gasteiger charge is 2.16. The zero-order valence-electron chi connectivity index (χ0n) is 9.18. The van der Waals surface area contributed by atoms with Crippen LogP contribution in [-0.2, 0) is 0 Å². The van der Waals surface area contributed by atoms with Crippen LogP contribution in [0.3, 0.4) is 0 Å². The Bertz CT molecular complexity index is 594. The summed E-state index contributed by atoms with van der Waals surface area (Å²) in [6.07, 6.45) is 1.53. The topological polar surface area (TPSA) is 80.9 Å². The van der Waals surface area contributed by atoms with E-state index in [1.54, 1.807) is 13.8 Å². The van der Waals surface area contributed by atoms with Crippen LogP contribution in [0.15, 0.2) is 16.7 Å². The standard InChI is InChI=1S/C10H9BrN4O2/c1-5-13-6(2)15(14-5)9-8(10(16)17)3-7(11)4-12-9/h3-4H,1-2H3,(H,16,17). The number of halogens is 1. The second kappa shape index (κ2) is 4.25. The second-order valence-electron chi connectivity index (χ2n) is 3.45. The zero-order valence-corrected chi connectivity index (χ0v) is 10.8. The van der Waals surface area contributed by atoms with E-state index < -0.39 is 5.97 Å². The van der Waals surface area contributed by atoms with E-state index >= 15 is 0 Å². The molecule has 0 aliphatic heterocycles. The highest BCUT2D eigenvalue weighted by Crippen LogP contribution is 2.18. The lowest BCUT2D eigenvalue weighted by Gasteiger charge is -2.06. The Morgan fingerprint density at radius 2 is 2.18 bits per heavy atom. The highest BCUT2D eigenvalue weighted by molar-refractivity contribution is 9.10. The summed E-state index contributed by atoms with van der Waals surface area (Å²) in [5, 5.41) is 13.2. The quantitative estimate of drug-likeness (QED) is 0.913. The van der Waals surface area contributed by atoms with Crippen molar-refractivity contribution in [2.24, 2.45) is 0 Å². The van der Waals surface area contributed by atoms with Gasteiger partial charge in [0.2, 0.25) is 0 Å². The van der Waals surface area contributed by atoms with E-state index in [-0.39, 0.29) is 11.4 Å². The van der Waals surface area contributed by atoms with Gasteiger partial charge in [-0.1, -0.05) is 0 Å². The fourth-order valence-electron chi connectivity index (χ4n) is 1.48. The van der Waals surface area contributed by atoms with Crippen molar-refractivity contribution < 1.29 is 9.90 Å². The maximum Gasteiger partial charge on any atom is 0.339 e. The lowest BCUT2D eigenvalue weighted by molar-refractivity contribution is 0.0696. The number of carboxylic acids is 1. The van der Waals surface area contributed by atoms with E-state index in [9.17, 15) is 4.79 Å². The number of pyridine rings is 1. The minimum absolute atomic E-state index is 0.0763. The van der Waals surface area contributed by atoms with Crippen molar-refractivity contribution >= 4 is 21.9 Å². The molecule has 0 radical (unpaired) electrons. The minimum atomic E-state index is -1.05. The van der Waals surface area contributed by atoms with Gasteiger partial charge in [-0.15, -0.1) is 5.10 Å². The average molecular weight is 297 g/mol. The van der Waals surface area contributed by atoms with E-state index in [0.29, 0.717) is 16.1 Å². The van der Waals surface area contributed by atoms with Crippen LogP contribution in [0.4, 0.5) is 0 Å². The maximum absolute atomic E-state index is 11.1. The number of hydrogen-bond donors (Lipinski definition) is 1. The van der Waals surface area contributed by atoms with Gasteiger partial charge in [0.15, 0.2) is 5.82 Å². The van der Waals surface area contributed by atoms with Crippen molar-refractivity contribution in [2.75, 3.05) is 0 Å². The van der Waals surface area contributed by atoms with Gasteiger partial charge in [-0.3, -0.25) is 0 Å². The number of nitrogens with zero attached hydrogens (tertiary/aromatic N) is 4. The fourth-order valence-corrected chi connectivity index (χ4v) is 1.81. The monoisotopic (exact) mass is 296 g/mol. The highest BCUT2D eigenvalue weighted by atomic mass is 79.9. The van der Waals surface area contributed by atoms with Crippen LogP contribution < -0.4 is 0 Å². The number of carboxylic acid groups (broad SMARTS) is 1. The summed E-state index contributed by atoms with van der Waals surface area (Å²) in [6, 6.07) is 1.49. The predicted octanol–water partition coefficient (Wildman–Crippen LogP) is 1.74. The van der Waals surface area contributed by atoms with Gasteiger partial charge < -0.3 is 5.11 Å². The van der Waals surface area contributed by atoms with Gasteiger partial charge in [-0.05, 0) is 35.8 Å². The predicted molar refractivity (Wildman–Crippen MR) is 63.3 cm³/mol. The van der Waals surface area contributed by atoms with Crippen molar-refractivity contribution in [3.8, 4) is 5.82 Å². The normalized spacial score (nSPS) is 10.5. The Labute approximate surface area is 105 Å². The molecule has 1 N–H and O–H groups in total. The van der Waals surface area contributed by atoms with Crippen molar-refractivity contribution in [3.63, 3.8) is 0 Å². The Balaban J connectivity index is 2.67. The van der Waals surface area contributed by atoms with Crippen LogP contribution >= 0.6 is 15.9 Å². The molecule has 0 aliphatic rings. The second-order valence-corrected chi connectivity index (χ2v) is 4.36. The summed E-state index contributed by atoms with van der Waals surface area (Å²) in [6.45, 7) is 3.48. The van der Waals surface area contributed by atoms with Gasteiger partial charge in [0.1, 0.15) is 17.2 Å². The van der Waals surface area contributed by atoms with Crippen LogP contribution in [0.5, 0.6) is 0 Å². The molecule has 0 aromatic carbocycles. The molecule has 0 atom stereocenters. The van der Waals surface area contributed by atoms with Gasteiger partial charge in [0.05, 0.1) is 0 Å². The first-order valence-corrected chi connectivity index (χ1v) is 5.58. The molecule has 0 fully saturated rings. The number of aromatic carboxylic acids is 1. The summed E-state index contributed by atoms with van der Waals surface area (Å²) in [7, 11) is 0. The van der Waals surface area contributed by atoms with Gasteiger partial charge in [0, 0.05) is 10.7 Å². The molecule has 6 nitrogen and oxygen atoms in total. The first-order valence-electron chi connectivity index (χ1n) is 4.78. The SMILES string of the molecule is Cc1nc(C)n(-c2ncc(Br)cc2C(=O)O)n1. The Hall–Kier alpha value is -1.76. The molecule has 0 saturated carbocycles. The van der Waals surface area contributed by atoms with Crippen LogP contribution in [-0.4, -0.2) is 30.8 Å². The van der Waals surface area contributed by atoms with Gasteiger partial charge in [-0.25, -0.2) is 14.8 Å². The largest absolute Gasteiger partial charge is 0.478 e. The zero-order chi connectivity index (χ0) is 12.6. The van der Waals surface area contributed by atoms with Crippen molar-refractivity contribution in [1.29, 1.82) is 0 Å². The number of aryl methyl sites for hydroxylation is 2. The minimum Gasteiger partial charge on any atom is -0.478 e. The Morgan fingerprint density at radius 3 is 2.71 bits per heavy atom. The Kier molecular flexibility index (Phi) is 2.93. The van der Waals surface area contributed by atoms with Crippen molar-refractivity contribution in [1.82, 2.24) is 19.7 Å². The molecule has 17 heavy (non-hydrogen) atoms. The molecule has 2 rings (SSSR count). The van der Waals surface area contributed by atoms with E-state index in [1.807, 2.05) is 0 Å². The summed E-state index contributed by atoms with van der Waals surface area (Å²) in [5.41, 5.74) is 0.0763. The number of carbonyl (C=O) groups is 1. The smallest absolute Gasteiger partial charge is 0.339 e. The molecule has 0 spiro atoms. The first-order chi connectivity index (χ1) is 7.99. The molecule has 0 unspecified atom stereocenters. The molecule has 0 amide bonds. The third-order valence-electron chi connectivity index (χ3n) is 2.14. The van der Waals surface area contributed by atoms with E-state index in [4.69, 9.17) is 5.11 Å². The lowest BCUT2D eigenvalue weighted by atomic mass is 10.2. The van der Waals surface area contributed by atoms with Gasteiger partial charge in [-0.2, -0.15) is 4.68 Å². The van der Waals surface area contributed by atoms with Crippen LogP contribution in [0.2, 0.25) is 0 Å². The molecular formula is C10H9BrN4O2. The lowest BCUT2D eigenvalue weighted by Crippen LogP contribution is -2.10. The van der Waals surface area contributed by atoms with Crippen LogP contribution in [0, 0.1) is 13.8 Å².